The Labute approximate surface area is 171 Å². The van der Waals surface area contributed by atoms with Crippen LogP contribution in [-0.2, 0) is 4.74 Å². The quantitative estimate of drug-likeness (QED) is 0.571. The van der Waals surface area contributed by atoms with E-state index in [0.29, 0.717) is 37.4 Å². The molecule has 148 valence electrons. The van der Waals surface area contributed by atoms with Crippen LogP contribution in [0.1, 0.15) is 35.8 Å². The number of rotatable bonds is 4. The van der Waals surface area contributed by atoms with Crippen LogP contribution in [0, 0.1) is 0 Å². The highest BCUT2D eigenvalue weighted by Gasteiger charge is 2.34. The van der Waals surface area contributed by atoms with E-state index in [-0.39, 0.29) is 21.4 Å². The maximum Gasteiger partial charge on any atom is 0.405 e. The number of primary amides is 1. The van der Waals surface area contributed by atoms with Crippen molar-refractivity contribution in [1.29, 1.82) is 0 Å². The van der Waals surface area contributed by atoms with E-state index in [0.717, 1.165) is 0 Å². The number of ketones is 1. The standard InChI is InChI=1S/C18H19Cl2N5O3/c1-18(28-17(22)27)5-7-25(8-6-18)12-9-23-14(16(20)24-12)15(26)10-3-2-4-11(21)13(10)19/h2-4,9H,5-8,21H2,1H3,(H2,22,27). The Morgan fingerprint density at radius 3 is 2.54 bits per heavy atom. The third kappa shape index (κ3) is 4.13. The normalized spacial score (nSPS) is 15.9. The molecule has 1 aromatic heterocycles. The number of nitrogen functional groups attached to an aromatic ring is 1. The molecule has 1 aliphatic heterocycles. The maximum atomic E-state index is 12.7. The van der Waals surface area contributed by atoms with Gasteiger partial charge in [-0.1, -0.05) is 29.3 Å². The average Bonchev–Trinajstić information content (AvgIpc) is 2.63. The molecule has 1 amide bonds. The molecule has 10 heteroatoms. The van der Waals surface area contributed by atoms with E-state index in [2.05, 4.69) is 9.97 Å². The van der Waals surface area contributed by atoms with Gasteiger partial charge >= 0.3 is 6.09 Å². The van der Waals surface area contributed by atoms with E-state index in [1.807, 2.05) is 11.8 Å². The first-order valence-electron chi connectivity index (χ1n) is 8.55. The van der Waals surface area contributed by atoms with Crippen LogP contribution in [0.4, 0.5) is 16.3 Å². The lowest BCUT2D eigenvalue weighted by molar-refractivity contribution is 0.0126. The number of piperidine rings is 1. The molecule has 0 atom stereocenters. The van der Waals surface area contributed by atoms with E-state index in [1.54, 1.807) is 18.2 Å². The number of hydrogen-bond donors (Lipinski definition) is 2. The molecule has 3 rings (SSSR count). The second kappa shape index (κ2) is 7.81. The van der Waals surface area contributed by atoms with Crippen molar-refractivity contribution >= 4 is 46.6 Å². The fourth-order valence-corrected chi connectivity index (χ4v) is 3.50. The van der Waals surface area contributed by atoms with Crippen LogP contribution in [0.15, 0.2) is 24.4 Å². The topological polar surface area (TPSA) is 124 Å². The second-order valence-electron chi connectivity index (χ2n) is 6.76. The lowest BCUT2D eigenvalue weighted by Crippen LogP contribution is -2.46. The molecule has 28 heavy (non-hydrogen) atoms. The molecule has 1 saturated heterocycles. The number of ether oxygens (including phenoxy) is 1. The van der Waals surface area contributed by atoms with Crippen LogP contribution in [0.3, 0.4) is 0 Å². The Morgan fingerprint density at radius 2 is 1.93 bits per heavy atom. The minimum atomic E-state index is -0.790. The van der Waals surface area contributed by atoms with Crippen LogP contribution >= 0.6 is 23.2 Å². The molecule has 8 nitrogen and oxygen atoms in total. The molecular formula is C18H19Cl2N5O3. The Balaban J connectivity index is 1.77. The van der Waals surface area contributed by atoms with Gasteiger partial charge in [-0.25, -0.2) is 14.8 Å². The fourth-order valence-electron chi connectivity index (χ4n) is 3.07. The Morgan fingerprint density at radius 1 is 1.25 bits per heavy atom. The van der Waals surface area contributed by atoms with Gasteiger partial charge in [0.05, 0.1) is 16.9 Å². The molecule has 0 saturated carbocycles. The van der Waals surface area contributed by atoms with Crippen molar-refractivity contribution in [3.8, 4) is 0 Å². The zero-order chi connectivity index (χ0) is 20.5. The van der Waals surface area contributed by atoms with E-state index < -0.39 is 17.5 Å². The SMILES string of the molecule is CC1(OC(N)=O)CCN(c2cnc(C(=O)c3cccc(N)c3Cl)c(Cl)n2)CC1. The molecule has 4 N–H and O–H groups in total. The van der Waals surface area contributed by atoms with Crippen molar-refractivity contribution in [3.63, 3.8) is 0 Å². The first-order chi connectivity index (χ1) is 13.2. The minimum Gasteiger partial charge on any atom is -0.443 e. The van der Waals surface area contributed by atoms with E-state index in [9.17, 15) is 9.59 Å². The second-order valence-corrected chi connectivity index (χ2v) is 7.50. The van der Waals surface area contributed by atoms with Crippen molar-refractivity contribution in [1.82, 2.24) is 9.97 Å². The highest BCUT2D eigenvalue weighted by Crippen LogP contribution is 2.30. The van der Waals surface area contributed by atoms with E-state index in [1.165, 1.54) is 6.20 Å². The molecule has 1 aromatic carbocycles. The minimum absolute atomic E-state index is 0.00294. The Kier molecular flexibility index (Phi) is 5.62. The number of halogens is 2. The number of nitrogens with zero attached hydrogens (tertiary/aromatic N) is 3. The van der Waals surface area contributed by atoms with Crippen LogP contribution in [0.5, 0.6) is 0 Å². The van der Waals surface area contributed by atoms with Gasteiger partial charge < -0.3 is 21.1 Å². The Hall–Kier alpha value is -2.58. The smallest absolute Gasteiger partial charge is 0.405 e. The summed E-state index contributed by atoms with van der Waals surface area (Å²) in [4.78, 5) is 34.2. The summed E-state index contributed by atoms with van der Waals surface area (Å²) in [6.45, 7) is 2.98. The average molecular weight is 424 g/mol. The first kappa shape index (κ1) is 20.2. The van der Waals surface area contributed by atoms with Crippen molar-refractivity contribution in [2.75, 3.05) is 23.7 Å². The molecule has 1 aliphatic rings. The number of anilines is 2. The van der Waals surface area contributed by atoms with Gasteiger partial charge in [0.15, 0.2) is 5.15 Å². The number of amides is 1. The summed E-state index contributed by atoms with van der Waals surface area (Å²) in [6.07, 6.45) is 1.85. The number of aromatic nitrogens is 2. The molecule has 2 aromatic rings. The van der Waals surface area contributed by atoms with E-state index >= 15 is 0 Å². The van der Waals surface area contributed by atoms with Gasteiger partial charge in [-0.05, 0) is 19.1 Å². The largest absolute Gasteiger partial charge is 0.443 e. The predicted octanol–water partition coefficient (Wildman–Crippen LogP) is 3.05. The monoisotopic (exact) mass is 423 g/mol. The summed E-state index contributed by atoms with van der Waals surface area (Å²) in [5.41, 5.74) is 10.8. The molecule has 0 radical (unpaired) electrons. The van der Waals surface area contributed by atoms with Crippen molar-refractivity contribution in [3.05, 3.63) is 45.8 Å². The lowest BCUT2D eigenvalue weighted by atomic mass is 9.93. The first-order valence-corrected chi connectivity index (χ1v) is 9.30. The third-order valence-electron chi connectivity index (χ3n) is 4.70. The predicted molar refractivity (Wildman–Crippen MR) is 107 cm³/mol. The zero-order valence-electron chi connectivity index (χ0n) is 15.1. The highest BCUT2D eigenvalue weighted by molar-refractivity contribution is 6.38. The van der Waals surface area contributed by atoms with Gasteiger partial charge in [-0.2, -0.15) is 0 Å². The summed E-state index contributed by atoms with van der Waals surface area (Å²) >= 11 is 12.3. The Bertz CT molecular complexity index is 929. The van der Waals surface area contributed by atoms with Gasteiger partial charge in [0, 0.05) is 31.5 Å². The maximum absolute atomic E-state index is 12.7. The van der Waals surface area contributed by atoms with Crippen LogP contribution in [0.25, 0.3) is 0 Å². The van der Waals surface area contributed by atoms with Crippen LogP contribution in [0.2, 0.25) is 10.2 Å². The summed E-state index contributed by atoms with van der Waals surface area (Å²) in [5, 5.41) is 0.127. The van der Waals surface area contributed by atoms with Gasteiger partial charge in [0.25, 0.3) is 0 Å². The van der Waals surface area contributed by atoms with Gasteiger partial charge in [-0.15, -0.1) is 0 Å². The number of hydrogen-bond acceptors (Lipinski definition) is 7. The molecule has 0 unspecified atom stereocenters. The van der Waals surface area contributed by atoms with Crippen LogP contribution in [-0.4, -0.2) is 40.5 Å². The van der Waals surface area contributed by atoms with Crippen LogP contribution < -0.4 is 16.4 Å². The van der Waals surface area contributed by atoms with Crippen molar-refractivity contribution in [2.45, 2.75) is 25.4 Å². The molecule has 1 fully saturated rings. The zero-order valence-corrected chi connectivity index (χ0v) is 16.6. The summed E-state index contributed by atoms with van der Waals surface area (Å²) < 4.78 is 5.19. The van der Waals surface area contributed by atoms with E-state index in [4.69, 9.17) is 39.4 Å². The molecule has 0 spiro atoms. The third-order valence-corrected chi connectivity index (χ3v) is 5.38. The van der Waals surface area contributed by atoms with Crippen molar-refractivity contribution < 1.29 is 14.3 Å². The molecule has 0 aliphatic carbocycles. The summed E-state index contributed by atoms with van der Waals surface area (Å²) in [6, 6.07) is 4.78. The molecular weight excluding hydrogens is 405 g/mol. The van der Waals surface area contributed by atoms with Crippen molar-refractivity contribution in [2.24, 2.45) is 5.73 Å². The number of carbonyl (C=O) groups excluding carboxylic acids is 2. The summed E-state index contributed by atoms with van der Waals surface area (Å²) in [7, 11) is 0. The number of benzene rings is 1. The molecule has 0 bridgehead atoms. The van der Waals surface area contributed by atoms with Gasteiger partial charge in [0.1, 0.15) is 17.1 Å². The fraction of sp³-hybridized carbons (Fsp3) is 0.333. The summed E-state index contributed by atoms with van der Waals surface area (Å²) in [5.74, 6) is 0.0729. The van der Waals surface area contributed by atoms with Gasteiger partial charge in [-0.3, -0.25) is 4.79 Å². The highest BCUT2D eigenvalue weighted by atomic mass is 35.5. The number of nitrogens with two attached hydrogens (primary N) is 2. The lowest BCUT2D eigenvalue weighted by Gasteiger charge is -2.38. The van der Waals surface area contributed by atoms with Gasteiger partial charge in [0.2, 0.25) is 5.78 Å². The molecule has 2 heterocycles. The number of carbonyl (C=O) groups is 2.